The van der Waals surface area contributed by atoms with Gasteiger partial charge in [0.1, 0.15) is 12.0 Å². The molecule has 0 saturated heterocycles. The normalized spacial score (nSPS) is 28.8. The van der Waals surface area contributed by atoms with E-state index in [9.17, 15) is 19.9 Å². The number of carbonyl (C=O) groups excluding carboxylic acids is 2. The van der Waals surface area contributed by atoms with Gasteiger partial charge in [-0.1, -0.05) is 6.92 Å². The number of benzene rings is 1. The lowest BCUT2D eigenvalue weighted by Gasteiger charge is -2.51. The second-order valence-corrected chi connectivity index (χ2v) is 13.3. The molecule has 0 aliphatic heterocycles. The maximum absolute atomic E-state index is 12.8. The van der Waals surface area contributed by atoms with Crippen LogP contribution in [0.5, 0.6) is 5.75 Å². The SMILES string of the molecule is Cc1cnc(NC(=O)CCC2C(C=O)=C(NO)C3(C)CCC4c5cc(Br)c(O)c(Br)c5CCC4C23)s1. The standard InChI is InChI=1S/C26H29Br2N3O4S/c1-12-10-29-25(36-12)30-20(33)6-5-15-18(11-32)24(31-35)26(2)8-7-13-14(21(15)26)3-4-16-17(13)9-19(27)23(34)22(16)28/h9-11,13-15,21,31,34-35H,3-8H2,1-2H3,(H,29,30,33). The zero-order chi connectivity index (χ0) is 25.8. The predicted molar refractivity (Wildman–Crippen MR) is 145 cm³/mol. The summed E-state index contributed by atoms with van der Waals surface area (Å²) < 4.78 is 1.42. The van der Waals surface area contributed by atoms with Gasteiger partial charge in [-0.2, -0.15) is 0 Å². The minimum Gasteiger partial charge on any atom is -0.506 e. The minimum absolute atomic E-state index is 0.112. The highest BCUT2D eigenvalue weighted by Gasteiger charge is 2.58. The van der Waals surface area contributed by atoms with Crippen LogP contribution in [0.1, 0.15) is 60.9 Å². The number of phenols is 1. The van der Waals surface area contributed by atoms with E-state index in [-0.39, 0.29) is 47.2 Å². The monoisotopic (exact) mass is 637 g/mol. The summed E-state index contributed by atoms with van der Waals surface area (Å²) in [4.78, 5) is 30.4. The maximum atomic E-state index is 12.8. The number of aryl methyl sites for hydroxylation is 1. The highest BCUT2D eigenvalue weighted by atomic mass is 79.9. The average molecular weight is 639 g/mol. The fourth-order valence-electron chi connectivity index (χ4n) is 7.19. The smallest absolute Gasteiger partial charge is 0.226 e. The third-order valence-electron chi connectivity index (χ3n) is 8.63. The van der Waals surface area contributed by atoms with Crippen molar-refractivity contribution in [3.8, 4) is 5.75 Å². The van der Waals surface area contributed by atoms with Gasteiger partial charge >= 0.3 is 0 Å². The highest BCUT2D eigenvalue weighted by molar-refractivity contribution is 9.11. The minimum atomic E-state index is -0.372. The molecular formula is C26H29Br2N3O4S. The number of aromatic nitrogens is 1. The van der Waals surface area contributed by atoms with Gasteiger partial charge in [0.15, 0.2) is 5.13 Å². The van der Waals surface area contributed by atoms with E-state index < -0.39 is 0 Å². The van der Waals surface area contributed by atoms with Gasteiger partial charge in [-0.15, -0.1) is 11.3 Å². The molecule has 192 valence electrons. The Morgan fingerprint density at radius 3 is 2.81 bits per heavy atom. The molecule has 7 nitrogen and oxygen atoms in total. The molecule has 3 aliphatic rings. The van der Waals surface area contributed by atoms with Crippen LogP contribution in [0.2, 0.25) is 0 Å². The van der Waals surface area contributed by atoms with Crippen molar-refractivity contribution in [3.63, 3.8) is 0 Å². The summed E-state index contributed by atoms with van der Waals surface area (Å²) in [6.07, 6.45) is 6.86. The maximum Gasteiger partial charge on any atom is 0.226 e. The molecule has 1 heterocycles. The van der Waals surface area contributed by atoms with Gasteiger partial charge in [-0.3, -0.25) is 20.3 Å². The Balaban J connectivity index is 1.45. The average Bonchev–Trinajstić information content (AvgIpc) is 3.37. The summed E-state index contributed by atoms with van der Waals surface area (Å²) in [5.41, 5.74) is 5.61. The lowest BCUT2D eigenvalue weighted by atomic mass is 9.53. The van der Waals surface area contributed by atoms with Crippen molar-refractivity contribution < 1.29 is 19.9 Å². The molecule has 0 radical (unpaired) electrons. The summed E-state index contributed by atoms with van der Waals surface area (Å²) in [5, 5.41) is 24.0. The molecule has 0 spiro atoms. The third kappa shape index (κ3) is 4.14. The van der Waals surface area contributed by atoms with Gasteiger partial charge in [0.05, 0.1) is 14.6 Å². The number of aromatic hydroxyl groups is 1. The zero-order valence-electron chi connectivity index (χ0n) is 20.1. The second-order valence-electron chi connectivity index (χ2n) is 10.4. The van der Waals surface area contributed by atoms with Crippen molar-refractivity contribution in [1.82, 2.24) is 10.5 Å². The fraction of sp³-hybridized carbons (Fsp3) is 0.500. The molecular weight excluding hydrogens is 610 g/mol. The summed E-state index contributed by atoms with van der Waals surface area (Å²) in [7, 11) is 0. The Bertz CT molecular complexity index is 1260. The molecule has 0 bridgehead atoms. The predicted octanol–water partition coefficient (Wildman–Crippen LogP) is 6.22. The number of fused-ring (bicyclic) bond motifs is 5. The number of nitrogens with one attached hydrogen (secondary N) is 2. The number of thiazole rings is 1. The van der Waals surface area contributed by atoms with E-state index in [0.717, 1.165) is 46.9 Å². The zero-order valence-corrected chi connectivity index (χ0v) is 24.1. The van der Waals surface area contributed by atoms with Crippen LogP contribution in [0.3, 0.4) is 0 Å². The number of amides is 1. The van der Waals surface area contributed by atoms with Gasteiger partial charge < -0.3 is 10.4 Å². The molecule has 5 unspecified atom stereocenters. The summed E-state index contributed by atoms with van der Waals surface area (Å²) in [6.45, 7) is 4.09. The molecule has 1 aromatic carbocycles. The van der Waals surface area contributed by atoms with E-state index in [1.165, 1.54) is 16.9 Å². The molecule has 1 aromatic heterocycles. The van der Waals surface area contributed by atoms with Crippen LogP contribution >= 0.6 is 43.2 Å². The lowest BCUT2D eigenvalue weighted by molar-refractivity contribution is -0.116. The van der Waals surface area contributed by atoms with E-state index >= 15 is 0 Å². The van der Waals surface area contributed by atoms with Crippen molar-refractivity contribution in [1.29, 1.82) is 0 Å². The van der Waals surface area contributed by atoms with E-state index in [0.29, 0.717) is 27.3 Å². The molecule has 1 fully saturated rings. The number of halogens is 2. The number of carbonyl (C=O) groups is 2. The van der Waals surface area contributed by atoms with Gasteiger partial charge in [-0.25, -0.2) is 4.98 Å². The van der Waals surface area contributed by atoms with Crippen LogP contribution < -0.4 is 10.8 Å². The number of hydrogen-bond donors (Lipinski definition) is 4. The first-order valence-corrected chi connectivity index (χ1v) is 14.6. The second kappa shape index (κ2) is 9.85. The first kappa shape index (κ1) is 25.9. The Labute approximate surface area is 231 Å². The number of hydrogen-bond acceptors (Lipinski definition) is 7. The highest BCUT2D eigenvalue weighted by Crippen LogP contribution is 2.65. The summed E-state index contributed by atoms with van der Waals surface area (Å²) in [5.74, 6) is 0.650. The first-order chi connectivity index (χ1) is 17.2. The van der Waals surface area contributed by atoms with Crippen molar-refractivity contribution in [3.05, 3.63) is 48.5 Å². The molecule has 5 rings (SSSR count). The molecule has 2 aromatic rings. The molecule has 1 amide bonds. The van der Waals surface area contributed by atoms with Crippen molar-refractivity contribution in [2.24, 2.45) is 23.2 Å². The third-order valence-corrected chi connectivity index (χ3v) is 10.9. The van der Waals surface area contributed by atoms with E-state index in [2.05, 4.69) is 54.6 Å². The molecule has 4 N–H and O–H groups in total. The van der Waals surface area contributed by atoms with E-state index in [4.69, 9.17) is 0 Å². The van der Waals surface area contributed by atoms with Gasteiger partial charge in [0, 0.05) is 28.5 Å². The Hall–Kier alpha value is -1.75. The first-order valence-electron chi connectivity index (χ1n) is 12.2. The molecule has 10 heteroatoms. The summed E-state index contributed by atoms with van der Waals surface area (Å²) >= 11 is 8.54. The van der Waals surface area contributed by atoms with Gasteiger partial charge in [-0.05, 0) is 112 Å². The van der Waals surface area contributed by atoms with Crippen LogP contribution in [0.15, 0.2) is 32.5 Å². The number of allylic oxidation sites excluding steroid dienone is 2. The fourth-order valence-corrected chi connectivity index (χ4v) is 9.22. The number of aldehydes is 1. The van der Waals surface area contributed by atoms with Crippen LogP contribution in [-0.4, -0.2) is 27.5 Å². The topological polar surface area (TPSA) is 112 Å². The van der Waals surface area contributed by atoms with Crippen molar-refractivity contribution in [2.45, 2.75) is 58.3 Å². The number of hydroxylamine groups is 1. The van der Waals surface area contributed by atoms with Crippen LogP contribution in [-0.2, 0) is 16.0 Å². The van der Waals surface area contributed by atoms with Crippen LogP contribution in [0.25, 0.3) is 0 Å². The number of phenolic OH excluding ortho intramolecular Hbond substituents is 1. The largest absolute Gasteiger partial charge is 0.506 e. The Morgan fingerprint density at radius 1 is 1.36 bits per heavy atom. The van der Waals surface area contributed by atoms with Crippen molar-refractivity contribution in [2.75, 3.05) is 5.32 Å². The Kier molecular flexibility index (Phi) is 7.08. The number of nitrogens with zero attached hydrogens (tertiary/aromatic N) is 1. The lowest BCUT2D eigenvalue weighted by Crippen LogP contribution is -2.45. The number of anilines is 1. The number of rotatable bonds is 6. The molecule has 5 atom stereocenters. The van der Waals surface area contributed by atoms with Crippen molar-refractivity contribution >= 4 is 60.5 Å². The van der Waals surface area contributed by atoms with E-state index in [1.807, 2.05) is 13.0 Å². The summed E-state index contributed by atoms with van der Waals surface area (Å²) in [6, 6.07) is 2.04. The molecule has 1 saturated carbocycles. The Morgan fingerprint density at radius 2 is 2.14 bits per heavy atom. The molecule has 3 aliphatic carbocycles. The van der Waals surface area contributed by atoms with Crippen LogP contribution in [0, 0.1) is 30.1 Å². The molecule has 36 heavy (non-hydrogen) atoms. The van der Waals surface area contributed by atoms with Gasteiger partial charge in [0.2, 0.25) is 5.91 Å². The van der Waals surface area contributed by atoms with E-state index in [1.54, 1.807) is 6.20 Å². The van der Waals surface area contributed by atoms with Gasteiger partial charge in [0.25, 0.3) is 0 Å². The van der Waals surface area contributed by atoms with Crippen LogP contribution in [0.4, 0.5) is 5.13 Å². The quantitative estimate of drug-likeness (QED) is 0.221.